The first-order chi connectivity index (χ1) is 8.68. The van der Waals surface area contributed by atoms with E-state index in [2.05, 4.69) is 31.0 Å². The van der Waals surface area contributed by atoms with Crippen molar-refractivity contribution in [2.24, 2.45) is 11.8 Å². The van der Waals surface area contributed by atoms with Crippen LogP contribution in [0.5, 0.6) is 0 Å². The molecular weight excluding hydrogens is 220 g/mol. The molecule has 2 nitrogen and oxygen atoms in total. The van der Waals surface area contributed by atoms with E-state index in [0.29, 0.717) is 6.04 Å². The van der Waals surface area contributed by atoms with Gasteiger partial charge in [-0.3, -0.25) is 4.90 Å². The first kappa shape index (κ1) is 14.3. The van der Waals surface area contributed by atoms with Crippen LogP contribution in [0, 0.1) is 11.8 Å². The number of hydrogen-bond acceptors (Lipinski definition) is 2. The smallest absolute Gasteiger partial charge is 0.0218 e. The van der Waals surface area contributed by atoms with E-state index in [9.17, 15) is 0 Å². The lowest BCUT2D eigenvalue weighted by Crippen LogP contribution is -2.46. The van der Waals surface area contributed by atoms with Crippen molar-refractivity contribution in [2.45, 2.75) is 71.4 Å². The molecule has 3 atom stereocenters. The van der Waals surface area contributed by atoms with Crippen molar-refractivity contribution < 1.29 is 0 Å². The average Bonchev–Trinajstić information content (AvgIpc) is 2.69. The van der Waals surface area contributed by atoms with Gasteiger partial charge >= 0.3 is 0 Å². The predicted molar refractivity (Wildman–Crippen MR) is 78.9 cm³/mol. The van der Waals surface area contributed by atoms with Crippen LogP contribution in [-0.4, -0.2) is 36.6 Å². The lowest BCUT2D eigenvalue weighted by atomic mass is 9.94. The van der Waals surface area contributed by atoms with Crippen LogP contribution >= 0.6 is 0 Å². The number of hydrogen-bond donors (Lipinski definition) is 1. The zero-order valence-corrected chi connectivity index (χ0v) is 12.6. The van der Waals surface area contributed by atoms with Crippen molar-refractivity contribution in [1.29, 1.82) is 0 Å². The van der Waals surface area contributed by atoms with Crippen molar-refractivity contribution in [3.05, 3.63) is 0 Å². The minimum absolute atomic E-state index is 0.697. The Bertz CT molecular complexity index is 239. The number of rotatable bonds is 2. The molecule has 1 saturated heterocycles. The van der Waals surface area contributed by atoms with E-state index in [0.717, 1.165) is 17.9 Å². The second-order valence-electron chi connectivity index (χ2n) is 6.84. The lowest BCUT2D eigenvalue weighted by Gasteiger charge is -2.36. The third-order valence-corrected chi connectivity index (χ3v) is 5.05. The molecule has 0 aromatic rings. The minimum Gasteiger partial charge on any atom is -0.312 e. The molecule has 2 aliphatic rings. The maximum atomic E-state index is 3.74. The van der Waals surface area contributed by atoms with Crippen LogP contribution in [0.15, 0.2) is 0 Å². The molecule has 3 unspecified atom stereocenters. The van der Waals surface area contributed by atoms with Crippen LogP contribution in [-0.2, 0) is 0 Å². The van der Waals surface area contributed by atoms with Gasteiger partial charge in [0, 0.05) is 18.6 Å². The summed E-state index contributed by atoms with van der Waals surface area (Å²) in [6.45, 7) is 11.0. The van der Waals surface area contributed by atoms with Crippen LogP contribution in [0.4, 0.5) is 0 Å². The Kier molecular flexibility index (Phi) is 5.50. The molecule has 1 heterocycles. The van der Waals surface area contributed by atoms with Gasteiger partial charge in [-0.05, 0) is 44.2 Å². The van der Waals surface area contributed by atoms with Gasteiger partial charge in [0.25, 0.3) is 0 Å². The third kappa shape index (κ3) is 3.71. The van der Waals surface area contributed by atoms with Gasteiger partial charge in [-0.25, -0.2) is 0 Å². The van der Waals surface area contributed by atoms with Crippen molar-refractivity contribution in [2.75, 3.05) is 19.6 Å². The zero-order valence-electron chi connectivity index (χ0n) is 12.6. The highest BCUT2D eigenvalue weighted by molar-refractivity contribution is 4.86. The van der Waals surface area contributed by atoms with Crippen LogP contribution in [0.2, 0.25) is 0 Å². The summed E-state index contributed by atoms with van der Waals surface area (Å²) in [7, 11) is 0. The SMILES string of the molecule is CC(C)C1CN(C2CCCCCC2C)CCCN1. The number of nitrogens with zero attached hydrogens (tertiary/aromatic N) is 1. The van der Waals surface area contributed by atoms with Crippen LogP contribution < -0.4 is 5.32 Å². The normalized spacial score (nSPS) is 36.3. The molecule has 0 spiro atoms. The summed E-state index contributed by atoms with van der Waals surface area (Å²) in [6.07, 6.45) is 8.57. The van der Waals surface area contributed by atoms with E-state index in [4.69, 9.17) is 0 Å². The Labute approximate surface area is 114 Å². The van der Waals surface area contributed by atoms with Gasteiger partial charge < -0.3 is 5.32 Å². The Morgan fingerprint density at radius 3 is 2.61 bits per heavy atom. The highest BCUT2D eigenvalue weighted by Crippen LogP contribution is 2.28. The lowest BCUT2D eigenvalue weighted by molar-refractivity contribution is 0.130. The molecular formula is C16H32N2. The molecule has 0 aromatic heterocycles. The van der Waals surface area contributed by atoms with Gasteiger partial charge in [0.1, 0.15) is 0 Å². The van der Waals surface area contributed by atoms with Crippen molar-refractivity contribution >= 4 is 0 Å². The van der Waals surface area contributed by atoms with Crippen molar-refractivity contribution in [3.63, 3.8) is 0 Å². The van der Waals surface area contributed by atoms with Crippen LogP contribution in [0.25, 0.3) is 0 Å². The molecule has 1 saturated carbocycles. The highest BCUT2D eigenvalue weighted by atomic mass is 15.2. The Balaban J connectivity index is 1.99. The molecule has 1 aliphatic heterocycles. The Morgan fingerprint density at radius 1 is 1.06 bits per heavy atom. The van der Waals surface area contributed by atoms with E-state index < -0.39 is 0 Å². The first-order valence-corrected chi connectivity index (χ1v) is 8.16. The zero-order chi connectivity index (χ0) is 13.0. The fraction of sp³-hybridized carbons (Fsp3) is 1.00. The summed E-state index contributed by atoms with van der Waals surface area (Å²) in [5, 5.41) is 3.74. The predicted octanol–water partition coefficient (Wildman–Crippen LogP) is 3.28. The molecule has 0 amide bonds. The van der Waals surface area contributed by atoms with Crippen LogP contribution in [0.3, 0.4) is 0 Å². The molecule has 106 valence electrons. The average molecular weight is 252 g/mol. The molecule has 0 radical (unpaired) electrons. The first-order valence-electron chi connectivity index (χ1n) is 8.16. The van der Waals surface area contributed by atoms with Crippen molar-refractivity contribution in [3.8, 4) is 0 Å². The van der Waals surface area contributed by atoms with Gasteiger partial charge in [-0.15, -0.1) is 0 Å². The van der Waals surface area contributed by atoms with E-state index in [1.54, 1.807) is 0 Å². The number of nitrogens with one attached hydrogen (secondary N) is 1. The van der Waals surface area contributed by atoms with E-state index in [1.165, 1.54) is 58.2 Å². The van der Waals surface area contributed by atoms with Gasteiger partial charge in [0.15, 0.2) is 0 Å². The fourth-order valence-corrected chi connectivity index (χ4v) is 3.74. The quantitative estimate of drug-likeness (QED) is 0.759. The van der Waals surface area contributed by atoms with Gasteiger partial charge in [-0.2, -0.15) is 0 Å². The minimum atomic E-state index is 0.697. The van der Waals surface area contributed by atoms with Crippen molar-refractivity contribution in [1.82, 2.24) is 10.2 Å². The summed E-state index contributed by atoms with van der Waals surface area (Å²) in [5.41, 5.74) is 0. The largest absolute Gasteiger partial charge is 0.312 e. The molecule has 2 heteroatoms. The monoisotopic (exact) mass is 252 g/mol. The van der Waals surface area contributed by atoms with Gasteiger partial charge in [0.05, 0.1) is 0 Å². The third-order valence-electron chi connectivity index (χ3n) is 5.05. The maximum Gasteiger partial charge on any atom is 0.0218 e. The second-order valence-corrected chi connectivity index (χ2v) is 6.84. The molecule has 2 rings (SSSR count). The van der Waals surface area contributed by atoms with Gasteiger partial charge in [-0.1, -0.05) is 40.0 Å². The van der Waals surface area contributed by atoms with Crippen LogP contribution in [0.1, 0.15) is 59.3 Å². The molecule has 2 fully saturated rings. The summed E-state index contributed by atoms with van der Waals surface area (Å²) in [6, 6.07) is 1.55. The molecule has 0 aromatic carbocycles. The standard InChI is InChI=1S/C16H32N2/c1-13(2)15-12-18(11-7-10-17-15)16-9-6-4-5-8-14(16)3/h13-17H,4-12H2,1-3H3. The molecule has 1 N–H and O–H groups in total. The fourth-order valence-electron chi connectivity index (χ4n) is 3.74. The molecule has 0 bridgehead atoms. The van der Waals surface area contributed by atoms with E-state index in [-0.39, 0.29) is 0 Å². The Hall–Kier alpha value is -0.0800. The topological polar surface area (TPSA) is 15.3 Å². The molecule has 1 aliphatic carbocycles. The highest BCUT2D eigenvalue weighted by Gasteiger charge is 2.29. The second kappa shape index (κ2) is 6.91. The summed E-state index contributed by atoms with van der Waals surface area (Å²) >= 11 is 0. The van der Waals surface area contributed by atoms with E-state index in [1.807, 2.05) is 0 Å². The molecule has 18 heavy (non-hydrogen) atoms. The summed E-state index contributed by atoms with van der Waals surface area (Å²) < 4.78 is 0. The Morgan fingerprint density at radius 2 is 1.83 bits per heavy atom. The summed E-state index contributed by atoms with van der Waals surface area (Å²) in [4.78, 5) is 2.82. The maximum absolute atomic E-state index is 3.74. The van der Waals surface area contributed by atoms with E-state index >= 15 is 0 Å². The summed E-state index contributed by atoms with van der Waals surface area (Å²) in [5.74, 6) is 1.66. The van der Waals surface area contributed by atoms with Gasteiger partial charge in [0.2, 0.25) is 0 Å².